The second kappa shape index (κ2) is 7.14. The first kappa shape index (κ1) is 18.5. The molecule has 26 heavy (non-hydrogen) atoms. The summed E-state index contributed by atoms with van der Waals surface area (Å²) >= 11 is 0. The second-order valence-corrected chi connectivity index (χ2v) is 8.78. The van der Waals surface area contributed by atoms with E-state index in [2.05, 4.69) is 0 Å². The van der Waals surface area contributed by atoms with Gasteiger partial charge in [0, 0.05) is 12.1 Å². The van der Waals surface area contributed by atoms with Crippen LogP contribution in [0.15, 0.2) is 18.2 Å². The molecule has 1 aromatic carbocycles. The molecule has 1 atom stereocenters. The lowest BCUT2D eigenvalue weighted by molar-refractivity contribution is -0.137. The average molecular weight is 383 g/mol. The highest BCUT2D eigenvalue weighted by Gasteiger charge is 2.42. The Morgan fingerprint density at radius 1 is 1.23 bits per heavy atom. The number of hydrogen-bond acceptors (Lipinski definition) is 7. The Balaban J connectivity index is 1.64. The van der Waals surface area contributed by atoms with Gasteiger partial charge in [-0.25, -0.2) is 13.2 Å². The molecular formula is C17H21NO7S. The topological polar surface area (TPSA) is 110 Å². The highest BCUT2D eigenvalue weighted by Crippen LogP contribution is 2.32. The summed E-state index contributed by atoms with van der Waals surface area (Å²) in [6.07, 6.45) is 2.06. The number of methoxy groups -OCH3 is 1. The zero-order valence-electron chi connectivity index (χ0n) is 14.4. The molecule has 9 heteroatoms. The van der Waals surface area contributed by atoms with Crippen LogP contribution in [0, 0.1) is 0 Å². The predicted molar refractivity (Wildman–Crippen MR) is 91.9 cm³/mol. The largest absolute Gasteiger partial charge is 0.507 e. The maximum atomic E-state index is 12.5. The zero-order chi connectivity index (χ0) is 18.9. The van der Waals surface area contributed by atoms with E-state index in [-0.39, 0.29) is 34.9 Å². The van der Waals surface area contributed by atoms with E-state index in [1.807, 2.05) is 0 Å². The highest BCUT2D eigenvalue weighted by molar-refractivity contribution is 7.91. The number of ether oxygens (including phenoxy) is 2. The minimum absolute atomic E-state index is 0.0183. The van der Waals surface area contributed by atoms with Crippen LogP contribution in [0.2, 0.25) is 0 Å². The van der Waals surface area contributed by atoms with Crippen LogP contribution in [0.1, 0.15) is 29.6 Å². The number of aromatic hydroxyl groups is 1. The maximum Gasteiger partial charge on any atom is 0.342 e. The zero-order valence-corrected chi connectivity index (χ0v) is 15.2. The number of amides is 1. The van der Waals surface area contributed by atoms with Crippen molar-refractivity contribution in [3.63, 3.8) is 0 Å². The minimum atomic E-state index is -3.12. The van der Waals surface area contributed by atoms with Gasteiger partial charge in [-0.2, -0.15) is 0 Å². The summed E-state index contributed by atoms with van der Waals surface area (Å²) in [6.45, 7) is -0.497. The standard InChI is InChI=1S/C17H21NO7S/c1-24-13-4-5-15(19)14(8-13)17(21)25-9-16(20)18(11-2-3-11)12-6-7-26(22,23)10-12/h4-5,8,11-12,19H,2-3,6-7,9-10H2,1H3/t12-/m1/s1. The van der Waals surface area contributed by atoms with Crippen molar-refractivity contribution in [2.75, 3.05) is 25.2 Å². The summed E-state index contributed by atoms with van der Waals surface area (Å²) in [6, 6.07) is 3.78. The number of phenols is 1. The quantitative estimate of drug-likeness (QED) is 0.721. The molecule has 2 fully saturated rings. The van der Waals surface area contributed by atoms with E-state index < -0.39 is 28.3 Å². The lowest BCUT2D eigenvalue weighted by Gasteiger charge is -2.28. The van der Waals surface area contributed by atoms with Gasteiger partial charge >= 0.3 is 5.97 Å². The smallest absolute Gasteiger partial charge is 0.342 e. The van der Waals surface area contributed by atoms with Crippen molar-refractivity contribution in [2.24, 2.45) is 0 Å². The maximum absolute atomic E-state index is 12.5. The fourth-order valence-corrected chi connectivity index (χ4v) is 4.85. The molecule has 1 aliphatic heterocycles. The van der Waals surface area contributed by atoms with Gasteiger partial charge in [-0.3, -0.25) is 4.79 Å². The van der Waals surface area contributed by atoms with Crippen molar-refractivity contribution in [2.45, 2.75) is 31.3 Å². The molecule has 1 amide bonds. The predicted octanol–water partition coefficient (Wildman–Crippen LogP) is 0.736. The van der Waals surface area contributed by atoms with Crippen molar-refractivity contribution in [1.29, 1.82) is 0 Å². The van der Waals surface area contributed by atoms with Gasteiger partial charge in [-0.1, -0.05) is 0 Å². The van der Waals surface area contributed by atoms with Crippen LogP contribution in [0.5, 0.6) is 11.5 Å². The molecule has 1 saturated heterocycles. The molecule has 0 spiro atoms. The highest BCUT2D eigenvalue weighted by atomic mass is 32.2. The molecule has 0 bridgehead atoms. The Morgan fingerprint density at radius 2 is 1.96 bits per heavy atom. The number of nitrogens with zero attached hydrogens (tertiary/aromatic N) is 1. The number of esters is 1. The van der Waals surface area contributed by atoms with Gasteiger partial charge < -0.3 is 19.5 Å². The molecule has 8 nitrogen and oxygen atoms in total. The molecular weight excluding hydrogens is 362 g/mol. The van der Waals surface area contributed by atoms with Gasteiger partial charge in [-0.15, -0.1) is 0 Å². The summed E-state index contributed by atoms with van der Waals surface area (Å²) in [5.41, 5.74) is -0.0985. The first-order chi connectivity index (χ1) is 12.3. The molecule has 1 heterocycles. The minimum Gasteiger partial charge on any atom is -0.507 e. The fraction of sp³-hybridized carbons (Fsp3) is 0.529. The normalized spacial score (nSPS) is 21.2. The van der Waals surface area contributed by atoms with Crippen LogP contribution in [-0.2, 0) is 19.4 Å². The van der Waals surface area contributed by atoms with Crippen molar-refractivity contribution in [3.8, 4) is 11.5 Å². The molecule has 1 N–H and O–H groups in total. The van der Waals surface area contributed by atoms with Crippen LogP contribution in [0.25, 0.3) is 0 Å². The lowest BCUT2D eigenvalue weighted by atomic mass is 10.2. The molecule has 0 unspecified atom stereocenters. The monoisotopic (exact) mass is 383 g/mol. The Morgan fingerprint density at radius 3 is 2.54 bits per heavy atom. The van der Waals surface area contributed by atoms with E-state index in [0.717, 1.165) is 12.8 Å². The Hall–Kier alpha value is -2.29. The number of hydrogen-bond donors (Lipinski definition) is 1. The van der Waals surface area contributed by atoms with Crippen LogP contribution in [-0.4, -0.2) is 67.6 Å². The molecule has 1 aliphatic carbocycles. The van der Waals surface area contributed by atoms with Crippen LogP contribution in [0.4, 0.5) is 0 Å². The fourth-order valence-electron chi connectivity index (χ4n) is 3.14. The first-order valence-electron chi connectivity index (χ1n) is 8.36. The summed E-state index contributed by atoms with van der Waals surface area (Å²) < 4.78 is 33.4. The number of rotatable bonds is 6. The Kier molecular flexibility index (Phi) is 5.08. The van der Waals surface area contributed by atoms with E-state index >= 15 is 0 Å². The number of carbonyl (C=O) groups excluding carboxylic acids is 2. The van der Waals surface area contributed by atoms with Crippen molar-refractivity contribution < 1.29 is 32.6 Å². The van der Waals surface area contributed by atoms with Gasteiger partial charge in [-0.05, 0) is 37.5 Å². The molecule has 142 valence electrons. The third-order valence-corrected chi connectivity index (χ3v) is 6.33. The summed E-state index contributed by atoms with van der Waals surface area (Å²) in [5.74, 6) is -1.12. The molecule has 0 radical (unpaired) electrons. The first-order valence-corrected chi connectivity index (χ1v) is 10.2. The Bertz CT molecular complexity index is 816. The van der Waals surface area contributed by atoms with Gasteiger partial charge in [0.15, 0.2) is 16.4 Å². The number of phenolic OH excluding ortho intramolecular Hbond substituents is 1. The Labute approximate surface area is 151 Å². The molecule has 1 aromatic rings. The number of benzene rings is 1. The van der Waals surface area contributed by atoms with E-state index in [0.29, 0.717) is 12.2 Å². The van der Waals surface area contributed by atoms with Crippen molar-refractivity contribution >= 4 is 21.7 Å². The SMILES string of the molecule is COc1ccc(O)c(C(=O)OCC(=O)N(C2CC2)[C@@H]2CCS(=O)(=O)C2)c1. The van der Waals surface area contributed by atoms with E-state index in [1.54, 1.807) is 4.90 Å². The summed E-state index contributed by atoms with van der Waals surface area (Å²) in [4.78, 5) is 26.3. The van der Waals surface area contributed by atoms with Gasteiger partial charge in [0.25, 0.3) is 5.91 Å². The summed E-state index contributed by atoms with van der Waals surface area (Å²) in [7, 11) is -1.69. The van der Waals surface area contributed by atoms with Crippen LogP contribution >= 0.6 is 0 Å². The van der Waals surface area contributed by atoms with Crippen LogP contribution in [0.3, 0.4) is 0 Å². The third kappa shape index (κ3) is 4.09. The molecule has 3 rings (SSSR count). The average Bonchev–Trinajstić information content (AvgIpc) is 3.36. The van der Waals surface area contributed by atoms with E-state index in [9.17, 15) is 23.1 Å². The number of carbonyl (C=O) groups is 2. The van der Waals surface area contributed by atoms with Gasteiger partial charge in [0.1, 0.15) is 17.1 Å². The van der Waals surface area contributed by atoms with Crippen LogP contribution < -0.4 is 4.74 Å². The number of sulfone groups is 1. The lowest BCUT2D eigenvalue weighted by Crippen LogP contribution is -2.44. The third-order valence-electron chi connectivity index (χ3n) is 4.58. The molecule has 0 aromatic heterocycles. The molecule has 1 saturated carbocycles. The molecule has 2 aliphatic rings. The van der Waals surface area contributed by atoms with Crippen molar-refractivity contribution in [1.82, 2.24) is 4.90 Å². The van der Waals surface area contributed by atoms with E-state index in [4.69, 9.17) is 9.47 Å². The summed E-state index contributed by atoms with van der Waals surface area (Å²) in [5, 5.41) is 9.79. The van der Waals surface area contributed by atoms with E-state index in [1.165, 1.54) is 25.3 Å². The second-order valence-electron chi connectivity index (χ2n) is 6.55. The van der Waals surface area contributed by atoms with Crippen molar-refractivity contribution in [3.05, 3.63) is 23.8 Å². The van der Waals surface area contributed by atoms with Gasteiger partial charge in [0.05, 0.1) is 18.6 Å². The van der Waals surface area contributed by atoms with Gasteiger partial charge in [0.2, 0.25) is 0 Å².